The molecule has 0 unspecified atom stereocenters. The molecule has 0 N–H and O–H groups in total. The molecule has 0 amide bonds. The second-order valence-corrected chi connectivity index (χ2v) is 30.7. The van der Waals surface area contributed by atoms with E-state index in [2.05, 4.69) is 385 Å². The van der Waals surface area contributed by atoms with Gasteiger partial charge in [0.25, 0.3) is 0 Å². The van der Waals surface area contributed by atoms with Gasteiger partial charge < -0.3 is 0 Å². The van der Waals surface area contributed by atoms with Gasteiger partial charge in [0, 0.05) is 26.4 Å². The molecule has 0 fully saturated rings. The highest BCUT2D eigenvalue weighted by molar-refractivity contribution is 5.82. The van der Waals surface area contributed by atoms with Crippen molar-refractivity contribution in [2.24, 2.45) is 28.2 Å². The zero-order chi connectivity index (χ0) is 85.7. The van der Waals surface area contributed by atoms with E-state index in [1.807, 2.05) is 120 Å². The topological polar surface area (TPSA) is 35.2 Å². The molecule has 13 aromatic carbocycles. The monoisotopic (exact) mass is 1550 g/mol. The van der Waals surface area contributed by atoms with Crippen LogP contribution in [0.25, 0.3) is 123 Å². The number of aryl methyl sites for hydroxylation is 11. The predicted molar refractivity (Wildman–Crippen MR) is 492 cm³/mol. The van der Waals surface area contributed by atoms with Crippen molar-refractivity contribution in [1.82, 2.24) is 18.3 Å². The van der Waals surface area contributed by atoms with Crippen LogP contribution in [0.5, 0.6) is 0 Å². The van der Waals surface area contributed by atoms with E-state index < -0.39 is 6.85 Å². The highest BCUT2D eigenvalue weighted by Gasteiger charge is 2.19. The van der Waals surface area contributed by atoms with E-state index in [9.17, 15) is 0 Å². The molecule has 4 aromatic heterocycles. The summed E-state index contributed by atoms with van der Waals surface area (Å²) >= 11 is 0. The Morgan fingerprint density at radius 1 is 0.252 bits per heavy atom. The Kier molecular flexibility index (Phi) is 23.7. The summed E-state index contributed by atoms with van der Waals surface area (Å²) in [5.41, 5.74) is 36.9. The van der Waals surface area contributed by atoms with E-state index in [-0.39, 0.29) is 0 Å². The SMILES string of the molecule is CC#Cc1cc(C)cc(-c2cc(C)cc(-c3cc(C)cc(-n4cc[n+](C)c4)c3)c2)c1.CC#Cc1cccc(-c2cc(C)cc(-c3cc(C)cc(-n4cc[n+](C)c4)c3)c2)c1.CC#Cc1cccc(-c2cccc(-c3cc(C)cc(-n4cc[n+](C)c4)c3)c2)c1.[2H]C([2H])([2H])c1cc(-c2cccc(-c3cccc(C#CC)c3)c2)cc(-n2c[n+](C)c3ccccc32)c1. The minimum Gasteiger partial charge on any atom is -0.239 e. The minimum atomic E-state index is -2.22. The number of hydrogen-bond donors (Lipinski definition) is 0. The third-order valence-corrected chi connectivity index (χ3v) is 20.7. The number of fused-ring (bicyclic) bond motifs is 1. The van der Waals surface area contributed by atoms with Crippen LogP contribution in [0, 0.1) is 95.8 Å². The predicted octanol–water partition coefficient (Wildman–Crippen LogP) is 23.3. The summed E-state index contributed by atoms with van der Waals surface area (Å²) in [5.74, 6) is 24.5. The van der Waals surface area contributed by atoms with Gasteiger partial charge >= 0.3 is 0 Å². The van der Waals surface area contributed by atoms with Gasteiger partial charge in [0.1, 0.15) is 59.9 Å². The third kappa shape index (κ3) is 20.1. The molecule has 0 saturated heterocycles. The molecule has 119 heavy (non-hydrogen) atoms. The first kappa shape index (κ1) is 76.8. The molecule has 0 radical (unpaired) electrons. The maximum Gasteiger partial charge on any atom is 0.249 e. The first-order chi connectivity index (χ1) is 58.9. The van der Waals surface area contributed by atoms with Crippen molar-refractivity contribution < 1.29 is 22.4 Å². The Labute approximate surface area is 707 Å². The number of para-hydroxylation sites is 2. The van der Waals surface area contributed by atoms with Crippen molar-refractivity contribution in [3.8, 4) is 159 Å². The lowest BCUT2D eigenvalue weighted by molar-refractivity contribution is -0.670. The largest absolute Gasteiger partial charge is 0.249 e. The van der Waals surface area contributed by atoms with Gasteiger partial charge in [0.2, 0.25) is 25.3 Å². The Morgan fingerprint density at radius 2 is 0.529 bits per heavy atom. The Hall–Kier alpha value is -14.8. The van der Waals surface area contributed by atoms with E-state index in [0.29, 0.717) is 5.56 Å². The summed E-state index contributed by atoms with van der Waals surface area (Å²) in [6, 6.07) is 95.9. The Morgan fingerprint density at radius 3 is 0.916 bits per heavy atom. The number of rotatable bonds is 12. The van der Waals surface area contributed by atoms with Gasteiger partial charge in [-0.1, -0.05) is 163 Å². The van der Waals surface area contributed by atoms with Crippen molar-refractivity contribution in [2.45, 2.75) is 76.1 Å². The third-order valence-electron chi connectivity index (χ3n) is 20.7. The van der Waals surface area contributed by atoms with Crippen molar-refractivity contribution in [3.63, 3.8) is 0 Å². The van der Waals surface area contributed by atoms with Gasteiger partial charge in [0.05, 0.1) is 28.2 Å². The summed E-state index contributed by atoms with van der Waals surface area (Å²) in [7, 11) is 8.11. The van der Waals surface area contributed by atoms with E-state index in [1.165, 1.54) is 117 Å². The van der Waals surface area contributed by atoms with Crippen LogP contribution in [0.4, 0.5) is 0 Å². The lowest BCUT2D eigenvalue weighted by Gasteiger charge is -2.11. The fraction of sp³-hybridized carbons (Fsp3) is 0.135. The summed E-state index contributed by atoms with van der Waals surface area (Å²) in [4.78, 5) is 0. The van der Waals surface area contributed by atoms with Gasteiger partial charge in [-0.05, 0) is 338 Å². The zero-order valence-electron chi connectivity index (χ0n) is 73.3. The summed E-state index contributed by atoms with van der Waals surface area (Å²) < 4.78 is 41.0. The molecule has 8 heteroatoms. The van der Waals surface area contributed by atoms with Crippen LogP contribution in [0.15, 0.2) is 335 Å². The van der Waals surface area contributed by atoms with E-state index in [4.69, 9.17) is 4.11 Å². The van der Waals surface area contributed by atoms with Crippen LogP contribution < -0.4 is 18.3 Å². The summed E-state index contributed by atoms with van der Waals surface area (Å²) in [5, 5.41) is 0. The lowest BCUT2D eigenvalue weighted by Crippen LogP contribution is -2.25. The summed E-state index contributed by atoms with van der Waals surface area (Å²) in [6.45, 7) is 18.1. The molecular formula is C111H100N8+4. The van der Waals surface area contributed by atoms with Crippen LogP contribution in [0.3, 0.4) is 0 Å². The van der Waals surface area contributed by atoms with Gasteiger partial charge in [-0.15, -0.1) is 23.7 Å². The molecule has 17 aromatic rings. The van der Waals surface area contributed by atoms with Gasteiger partial charge in [0.15, 0.2) is 11.0 Å². The molecule has 0 atom stereocenters. The summed E-state index contributed by atoms with van der Waals surface area (Å²) in [6.07, 6.45) is 20.6. The first-order valence-electron chi connectivity index (χ1n) is 41.6. The van der Waals surface area contributed by atoms with Crippen LogP contribution in [0.1, 0.15) is 93.0 Å². The lowest BCUT2D eigenvalue weighted by atomic mass is 9.94. The number of aromatic nitrogens is 8. The quantitative estimate of drug-likeness (QED) is 0.0863. The maximum absolute atomic E-state index is 8.11. The van der Waals surface area contributed by atoms with Crippen LogP contribution in [-0.4, -0.2) is 18.3 Å². The highest BCUT2D eigenvalue weighted by Crippen LogP contribution is 2.36. The number of nitrogens with zero attached hydrogens (tertiary/aromatic N) is 8. The molecule has 580 valence electrons. The fourth-order valence-corrected chi connectivity index (χ4v) is 15.3. The van der Waals surface area contributed by atoms with Crippen LogP contribution in [0.2, 0.25) is 0 Å². The molecule has 0 aliphatic carbocycles. The smallest absolute Gasteiger partial charge is 0.239 e. The average Bonchev–Trinajstić information content (AvgIpc) is 1.59. The number of imidazole rings is 4. The molecule has 17 rings (SSSR count). The van der Waals surface area contributed by atoms with Gasteiger partial charge in [-0.25, -0.2) is 32.0 Å². The normalized spacial score (nSPS) is 11.0. The molecule has 4 heterocycles. The number of benzene rings is 13. The zero-order valence-corrected chi connectivity index (χ0v) is 70.3. The first-order valence-corrected chi connectivity index (χ1v) is 40.1. The molecule has 0 spiro atoms. The standard InChI is InChI=1S/C30H25N2.C28H27N2.C27H25N2.C26H23N2/c1-4-9-23-10-7-11-24(18-23)25-12-8-13-26(19-25)27-16-22(2)17-28(20-27)32-21-31(3)29-14-5-6-15-30(29)32;1-6-7-23-10-20(2)11-24(16-23)25-12-21(3)13-26(17-25)27-14-22(4)15-28(18-27)30-9-8-29(5)19-30;1-5-7-22-8-6-9-23(16-22)24-12-20(2)13-25(17-24)26-14-21(3)15-27(18-26)29-11-10-28(4)19-29;1-4-7-21-8-5-9-22(16-21)23-10-6-11-24(17-23)25-14-20(2)15-26(18-25)28-13-12-27(3)19-28/h5-8,10-21H,1-3H3;8-19H,1-5H3;6,8-19H,1-4H3;5-6,8-19H,1-3H3/q4*+1/i2D3;;;. The second kappa shape index (κ2) is 36.8. The maximum atomic E-state index is 8.11. The molecular weight excluding hydrogens is 1450 g/mol. The average molecular weight is 1550 g/mol. The van der Waals surface area contributed by atoms with Crippen LogP contribution >= 0.6 is 0 Å². The molecule has 0 saturated carbocycles. The number of hydrogen-bond acceptors (Lipinski definition) is 0. The van der Waals surface area contributed by atoms with Gasteiger partial charge in [-0.2, -0.15) is 4.57 Å². The Bertz CT molecular complexity index is 7040. The Balaban J connectivity index is 0.000000133. The second-order valence-electron chi connectivity index (χ2n) is 30.7. The fourth-order valence-electron chi connectivity index (χ4n) is 15.3. The van der Waals surface area contributed by atoms with E-state index in [1.54, 1.807) is 12.1 Å². The van der Waals surface area contributed by atoms with E-state index >= 15 is 0 Å². The van der Waals surface area contributed by atoms with Crippen molar-refractivity contribution in [1.29, 1.82) is 0 Å². The van der Waals surface area contributed by atoms with Crippen molar-refractivity contribution in [2.75, 3.05) is 0 Å². The van der Waals surface area contributed by atoms with Crippen molar-refractivity contribution >= 4 is 11.0 Å². The molecule has 8 nitrogen and oxygen atoms in total. The molecule has 0 aliphatic heterocycles. The molecule has 0 bridgehead atoms. The van der Waals surface area contributed by atoms with Crippen LogP contribution in [-0.2, 0) is 28.2 Å². The highest BCUT2D eigenvalue weighted by atomic mass is 15.1. The minimum absolute atomic E-state index is 0.316. The van der Waals surface area contributed by atoms with Crippen molar-refractivity contribution in [3.05, 3.63) is 397 Å². The van der Waals surface area contributed by atoms with Gasteiger partial charge in [-0.3, -0.25) is 0 Å². The molecule has 0 aliphatic rings. The van der Waals surface area contributed by atoms with E-state index in [0.717, 1.165) is 61.2 Å².